The van der Waals surface area contributed by atoms with Gasteiger partial charge in [-0.2, -0.15) is 0 Å². The molecule has 214 valence electrons. The average molecular weight is 532 g/mol. The quantitative estimate of drug-likeness (QED) is 0.437. The van der Waals surface area contributed by atoms with E-state index in [4.69, 9.17) is 4.74 Å². The third-order valence-electron chi connectivity index (χ3n) is 9.04. The summed E-state index contributed by atoms with van der Waals surface area (Å²) in [4.78, 5) is 47.7. The van der Waals surface area contributed by atoms with E-state index in [0.717, 1.165) is 6.42 Å². The van der Waals surface area contributed by atoms with E-state index in [1.807, 2.05) is 27.7 Å². The maximum Gasteiger partial charge on any atom is 0.249 e. The molecular weight excluding hydrogens is 482 g/mol. The van der Waals surface area contributed by atoms with Crippen molar-refractivity contribution >= 4 is 17.7 Å². The Hall–Kier alpha value is -2.19. The highest BCUT2D eigenvalue weighted by Gasteiger charge is 2.80. The van der Waals surface area contributed by atoms with Gasteiger partial charge in [0, 0.05) is 25.7 Å². The number of nitrogens with zero attached hydrogens (tertiary/aromatic N) is 3. The van der Waals surface area contributed by atoms with Crippen molar-refractivity contribution in [1.82, 2.24) is 14.7 Å². The lowest BCUT2D eigenvalue weighted by atomic mass is 9.62. The fraction of sp³-hybridized carbons (Fsp3) is 0.767. The minimum atomic E-state index is -1.15. The Bertz CT molecular complexity index is 987. The van der Waals surface area contributed by atoms with Crippen LogP contribution in [0, 0.1) is 23.2 Å². The minimum absolute atomic E-state index is 0.0484. The van der Waals surface area contributed by atoms with Crippen LogP contribution in [0.25, 0.3) is 0 Å². The summed E-state index contributed by atoms with van der Waals surface area (Å²) in [5, 5.41) is 10.2. The predicted octanol–water partition coefficient (Wildman–Crippen LogP) is 3.25. The lowest BCUT2D eigenvalue weighted by Gasteiger charge is -2.46. The number of likely N-dealkylation sites (N-methyl/N-ethyl adjacent to an activating group) is 1. The molecule has 3 fully saturated rings. The smallest absolute Gasteiger partial charge is 0.249 e. The lowest BCUT2D eigenvalue weighted by molar-refractivity contribution is -0.160. The number of carbonyl (C=O) groups excluding carboxylic acids is 3. The van der Waals surface area contributed by atoms with Crippen molar-refractivity contribution < 1.29 is 24.2 Å². The number of hydrogen-bond acceptors (Lipinski definition) is 5. The number of aliphatic hydroxyl groups excluding tert-OH is 1. The van der Waals surface area contributed by atoms with Gasteiger partial charge in [0.2, 0.25) is 17.7 Å². The summed E-state index contributed by atoms with van der Waals surface area (Å²) in [5.41, 5.74) is -2.63. The second-order valence-electron chi connectivity index (χ2n) is 13.8. The van der Waals surface area contributed by atoms with E-state index in [2.05, 4.69) is 33.9 Å². The average Bonchev–Trinajstić information content (AvgIpc) is 3.31. The summed E-state index contributed by atoms with van der Waals surface area (Å²) < 4.78 is 6.83. The van der Waals surface area contributed by atoms with Gasteiger partial charge in [-0.3, -0.25) is 14.4 Å². The molecule has 0 aromatic rings. The molecule has 3 saturated heterocycles. The van der Waals surface area contributed by atoms with Crippen LogP contribution < -0.4 is 0 Å². The molecule has 3 rings (SSSR count). The van der Waals surface area contributed by atoms with Crippen molar-refractivity contribution in [2.24, 2.45) is 23.2 Å². The van der Waals surface area contributed by atoms with Gasteiger partial charge < -0.3 is 24.5 Å². The Labute approximate surface area is 229 Å². The number of fused-ring (bicyclic) bond motifs is 1. The summed E-state index contributed by atoms with van der Waals surface area (Å²) in [5.74, 6) is -2.28. The molecule has 0 aromatic heterocycles. The van der Waals surface area contributed by atoms with Gasteiger partial charge in [0.25, 0.3) is 0 Å². The fourth-order valence-electron chi connectivity index (χ4n) is 7.72. The summed E-state index contributed by atoms with van der Waals surface area (Å²) in [7, 11) is 1.70. The maximum atomic E-state index is 14.7. The van der Waals surface area contributed by atoms with Gasteiger partial charge >= 0.3 is 0 Å². The van der Waals surface area contributed by atoms with Crippen LogP contribution in [0.5, 0.6) is 0 Å². The van der Waals surface area contributed by atoms with Crippen molar-refractivity contribution in [2.45, 2.75) is 97.1 Å². The molecule has 0 radical (unpaired) electrons. The number of carbonyl (C=O) groups is 3. The monoisotopic (exact) mass is 531 g/mol. The molecule has 1 N–H and O–H groups in total. The Kier molecular flexibility index (Phi) is 8.06. The van der Waals surface area contributed by atoms with E-state index in [-0.39, 0.29) is 35.7 Å². The molecule has 8 nitrogen and oxygen atoms in total. The van der Waals surface area contributed by atoms with Gasteiger partial charge in [0.05, 0.1) is 30.1 Å². The number of aliphatic hydroxyl groups is 1. The van der Waals surface area contributed by atoms with E-state index >= 15 is 0 Å². The second-order valence-corrected chi connectivity index (χ2v) is 13.8. The third-order valence-corrected chi connectivity index (χ3v) is 9.04. The van der Waals surface area contributed by atoms with Crippen LogP contribution >= 0.6 is 0 Å². The SMILES string of the molecule is C=CCN(C)C(=O)[C@@H]1[C@H]2C(=O)N([C@H](C)CO)C(C(=O)N(CC=C)C(C)(C)CC(C)(C)C)C23CC(C)[C@@]1(C)O3. The molecule has 3 aliphatic heterocycles. The molecule has 7 atom stereocenters. The Morgan fingerprint density at radius 1 is 1.18 bits per heavy atom. The summed E-state index contributed by atoms with van der Waals surface area (Å²) in [6, 6.07) is -1.56. The molecule has 38 heavy (non-hydrogen) atoms. The van der Waals surface area contributed by atoms with E-state index < -0.39 is 40.7 Å². The first-order chi connectivity index (χ1) is 17.4. The Balaban J connectivity index is 2.18. The molecule has 3 aliphatic rings. The zero-order valence-corrected chi connectivity index (χ0v) is 24.9. The zero-order chi connectivity index (χ0) is 29.0. The number of ether oxygens (including phenoxy) is 1. The molecule has 3 amide bonds. The minimum Gasteiger partial charge on any atom is -0.394 e. The molecular formula is C30H49N3O5. The molecule has 3 unspecified atom stereocenters. The van der Waals surface area contributed by atoms with Crippen LogP contribution in [-0.4, -0.2) is 93.1 Å². The van der Waals surface area contributed by atoms with Gasteiger partial charge in [-0.15, -0.1) is 13.2 Å². The molecule has 0 aliphatic carbocycles. The van der Waals surface area contributed by atoms with Gasteiger partial charge in [-0.1, -0.05) is 39.8 Å². The molecule has 1 spiro atoms. The Morgan fingerprint density at radius 2 is 1.76 bits per heavy atom. The zero-order valence-electron chi connectivity index (χ0n) is 24.9. The highest BCUT2D eigenvalue weighted by Crippen LogP contribution is 2.65. The first-order valence-electron chi connectivity index (χ1n) is 13.8. The number of rotatable bonds is 10. The number of hydrogen-bond donors (Lipinski definition) is 1. The first kappa shape index (κ1) is 30.4. The number of likely N-dealkylation sites (tertiary alicyclic amines) is 1. The maximum absolute atomic E-state index is 14.7. The van der Waals surface area contributed by atoms with Crippen LogP contribution in [0.2, 0.25) is 0 Å². The molecule has 2 bridgehead atoms. The van der Waals surface area contributed by atoms with E-state index in [1.54, 1.807) is 35.9 Å². The first-order valence-corrected chi connectivity index (χ1v) is 13.8. The highest BCUT2D eigenvalue weighted by molar-refractivity contribution is 5.99. The van der Waals surface area contributed by atoms with Crippen molar-refractivity contribution in [1.29, 1.82) is 0 Å². The van der Waals surface area contributed by atoms with Crippen LogP contribution in [0.3, 0.4) is 0 Å². The normalized spacial score (nSPS) is 33.2. The van der Waals surface area contributed by atoms with Crippen molar-refractivity contribution in [3.63, 3.8) is 0 Å². The van der Waals surface area contributed by atoms with Gasteiger partial charge in [-0.25, -0.2) is 0 Å². The van der Waals surface area contributed by atoms with Crippen molar-refractivity contribution in [2.75, 3.05) is 26.7 Å². The van der Waals surface area contributed by atoms with E-state index in [1.165, 1.54) is 4.90 Å². The van der Waals surface area contributed by atoms with Gasteiger partial charge in [0.15, 0.2) is 0 Å². The van der Waals surface area contributed by atoms with Crippen LogP contribution in [0.1, 0.15) is 68.2 Å². The molecule has 0 saturated carbocycles. The molecule has 8 heteroatoms. The van der Waals surface area contributed by atoms with Crippen molar-refractivity contribution in [3.8, 4) is 0 Å². The summed E-state index contributed by atoms with van der Waals surface area (Å²) in [6.45, 7) is 24.2. The van der Waals surface area contributed by atoms with Gasteiger partial charge in [-0.05, 0) is 51.9 Å². The van der Waals surface area contributed by atoms with Crippen LogP contribution in [-0.2, 0) is 19.1 Å². The van der Waals surface area contributed by atoms with E-state index in [9.17, 15) is 19.5 Å². The van der Waals surface area contributed by atoms with Crippen LogP contribution in [0.4, 0.5) is 0 Å². The largest absolute Gasteiger partial charge is 0.394 e. The number of amides is 3. The summed E-state index contributed by atoms with van der Waals surface area (Å²) >= 11 is 0. The van der Waals surface area contributed by atoms with Gasteiger partial charge in [0.1, 0.15) is 11.6 Å². The lowest BCUT2D eigenvalue weighted by Crippen LogP contribution is -2.62. The molecule has 0 aromatic carbocycles. The fourth-order valence-corrected chi connectivity index (χ4v) is 7.72. The third kappa shape index (κ3) is 4.61. The topological polar surface area (TPSA) is 90.4 Å². The van der Waals surface area contributed by atoms with E-state index in [0.29, 0.717) is 19.5 Å². The predicted molar refractivity (Wildman–Crippen MR) is 148 cm³/mol. The van der Waals surface area contributed by atoms with Crippen molar-refractivity contribution in [3.05, 3.63) is 25.3 Å². The highest BCUT2D eigenvalue weighted by atomic mass is 16.5. The van der Waals surface area contributed by atoms with Crippen LogP contribution in [0.15, 0.2) is 25.3 Å². The second kappa shape index (κ2) is 10.1. The Morgan fingerprint density at radius 3 is 2.26 bits per heavy atom. The standard InChI is InChI=1S/C30H49N3O5/c1-12-14-31(11)24(35)21-22-25(36)33(20(4)17-34)23(30(22)16-19(3)29(21,10)38-30)26(37)32(15-13-2)28(8,9)18-27(5,6)7/h12-13,19-23,34H,1-2,14-18H2,3-11H3/t19?,20-,21+,22+,23?,29-,30?/m1/s1. The summed E-state index contributed by atoms with van der Waals surface area (Å²) in [6.07, 6.45) is 4.58. The molecule has 3 heterocycles.